The van der Waals surface area contributed by atoms with E-state index in [1.807, 2.05) is 24.0 Å². The van der Waals surface area contributed by atoms with Crippen LogP contribution in [0.2, 0.25) is 0 Å². The number of aromatic nitrogens is 2. The average Bonchev–Trinajstić information content (AvgIpc) is 3.08. The molecule has 0 N–H and O–H groups in total. The summed E-state index contributed by atoms with van der Waals surface area (Å²) in [7, 11) is 0. The molecule has 2 heterocycles. The Kier molecular flexibility index (Phi) is 5.67. The van der Waals surface area contributed by atoms with Crippen molar-refractivity contribution in [2.75, 3.05) is 25.4 Å². The molecule has 1 aliphatic rings. The van der Waals surface area contributed by atoms with Gasteiger partial charge in [0.15, 0.2) is 0 Å². The maximum absolute atomic E-state index is 12.3. The van der Waals surface area contributed by atoms with E-state index in [0.717, 1.165) is 5.56 Å². The second-order valence-electron chi connectivity index (χ2n) is 7.51. The highest BCUT2D eigenvalue weighted by atomic mass is 32.2. The Bertz CT molecular complexity index is 752. The molecule has 3 rings (SSSR count). The van der Waals surface area contributed by atoms with Gasteiger partial charge >= 0.3 is 0 Å². The molecule has 140 valence electrons. The highest BCUT2D eigenvalue weighted by molar-refractivity contribution is 7.99. The molecule has 1 aliphatic heterocycles. The molecule has 0 saturated carbocycles. The number of ether oxygens (including phenoxy) is 1. The highest BCUT2D eigenvalue weighted by Gasteiger charge is 2.22. The maximum atomic E-state index is 12.3. The van der Waals surface area contributed by atoms with Gasteiger partial charge < -0.3 is 14.1 Å². The fraction of sp³-hybridized carbons (Fsp3) is 0.526. The zero-order valence-corrected chi connectivity index (χ0v) is 16.5. The predicted octanol–water partition coefficient (Wildman–Crippen LogP) is 3.37. The van der Waals surface area contributed by atoms with E-state index in [1.165, 1.54) is 17.3 Å². The molecule has 2 aromatic rings. The van der Waals surface area contributed by atoms with Crippen LogP contribution in [-0.4, -0.2) is 52.6 Å². The summed E-state index contributed by atoms with van der Waals surface area (Å²) in [6.07, 6.45) is 0.0868. The minimum Gasteiger partial charge on any atom is -0.411 e. The average molecular weight is 375 g/mol. The van der Waals surface area contributed by atoms with Gasteiger partial charge in [-0.05, 0) is 30.0 Å². The summed E-state index contributed by atoms with van der Waals surface area (Å²) >= 11 is 1.27. The Morgan fingerprint density at radius 1 is 1.27 bits per heavy atom. The number of morpholine rings is 1. The molecule has 1 saturated heterocycles. The van der Waals surface area contributed by atoms with Gasteiger partial charge in [-0.1, -0.05) is 44.7 Å². The first-order valence-corrected chi connectivity index (χ1v) is 9.78. The van der Waals surface area contributed by atoms with E-state index < -0.39 is 0 Å². The molecule has 1 fully saturated rings. The van der Waals surface area contributed by atoms with Crippen LogP contribution in [0.4, 0.5) is 0 Å². The Balaban J connectivity index is 1.58. The van der Waals surface area contributed by atoms with E-state index in [1.54, 1.807) is 0 Å². The second-order valence-corrected chi connectivity index (χ2v) is 8.44. The summed E-state index contributed by atoms with van der Waals surface area (Å²) in [6, 6.07) is 8.14. The van der Waals surface area contributed by atoms with Crippen LogP contribution in [0.3, 0.4) is 0 Å². The van der Waals surface area contributed by atoms with Crippen LogP contribution in [-0.2, 0) is 14.9 Å². The lowest BCUT2D eigenvalue weighted by molar-refractivity contribution is -0.135. The number of rotatable bonds is 4. The molecule has 1 amide bonds. The van der Waals surface area contributed by atoms with Gasteiger partial charge in [0.05, 0.1) is 18.5 Å². The first-order chi connectivity index (χ1) is 12.3. The molecule has 6 nitrogen and oxygen atoms in total. The first-order valence-electron chi connectivity index (χ1n) is 8.79. The zero-order valence-electron chi connectivity index (χ0n) is 15.7. The van der Waals surface area contributed by atoms with Gasteiger partial charge in [-0.25, -0.2) is 0 Å². The van der Waals surface area contributed by atoms with Crippen LogP contribution in [0.5, 0.6) is 0 Å². The molecule has 0 bridgehead atoms. The van der Waals surface area contributed by atoms with Gasteiger partial charge in [-0.3, -0.25) is 4.79 Å². The Morgan fingerprint density at radius 2 is 2.00 bits per heavy atom. The molecule has 1 unspecified atom stereocenters. The van der Waals surface area contributed by atoms with Gasteiger partial charge in [0, 0.05) is 18.7 Å². The van der Waals surface area contributed by atoms with Crippen molar-refractivity contribution in [3.8, 4) is 11.5 Å². The third kappa shape index (κ3) is 4.65. The number of hydrogen-bond donors (Lipinski definition) is 0. The number of hydrogen-bond acceptors (Lipinski definition) is 6. The molecule has 0 spiro atoms. The molecule has 1 aromatic carbocycles. The molecule has 0 aliphatic carbocycles. The van der Waals surface area contributed by atoms with Crippen LogP contribution in [0.1, 0.15) is 33.3 Å². The first kappa shape index (κ1) is 18.9. The molecule has 1 atom stereocenters. The minimum atomic E-state index is 0.0689. The van der Waals surface area contributed by atoms with E-state index in [2.05, 4.69) is 43.1 Å². The lowest BCUT2D eigenvalue weighted by Gasteiger charge is -2.30. The SMILES string of the molecule is CC1CN(C(=O)CSc2nnc(-c3ccc(C(C)(C)C)cc3)o2)CCO1. The number of amides is 1. The molecular weight excluding hydrogens is 350 g/mol. The molecule has 7 heteroatoms. The molecule has 0 radical (unpaired) electrons. The Hall–Kier alpha value is -1.86. The summed E-state index contributed by atoms with van der Waals surface area (Å²) in [5, 5.41) is 8.56. The number of nitrogens with zero attached hydrogens (tertiary/aromatic N) is 3. The monoisotopic (exact) mass is 375 g/mol. The largest absolute Gasteiger partial charge is 0.411 e. The van der Waals surface area contributed by atoms with E-state index in [0.29, 0.717) is 30.8 Å². The fourth-order valence-corrected chi connectivity index (χ4v) is 3.42. The summed E-state index contributed by atoms with van der Waals surface area (Å²) in [6.45, 7) is 10.4. The van der Waals surface area contributed by atoms with Crippen molar-refractivity contribution in [3.05, 3.63) is 29.8 Å². The van der Waals surface area contributed by atoms with Crippen molar-refractivity contribution in [1.29, 1.82) is 0 Å². The molecule has 1 aromatic heterocycles. The second kappa shape index (κ2) is 7.80. The van der Waals surface area contributed by atoms with Crippen LogP contribution in [0, 0.1) is 0 Å². The number of carbonyl (C=O) groups excluding carboxylic acids is 1. The van der Waals surface area contributed by atoms with Crippen LogP contribution in [0.25, 0.3) is 11.5 Å². The topological polar surface area (TPSA) is 68.5 Å². The van der Waals surface area contributed by atoms with E-state index in [9.17, 15) is 4.79 Å². The van der Waals surface area contributed by atoms with Gasteiger partial charge in [0.2, 0.25) is 11.8 Å². The number of thioether (sulfide) groups is 1. The van der Waals surface area contributed by atoms with Crippen molar-refractivity contribution >= 4 is 17.7 Å². The lowest BCUT2D eigenvalue weighted by Crippen LogP contribution is -2.45. The van der Waals surface area contributed by atoms with Gasteiger partial charge in [-0.2, -0.15) is 0 Å². The lowest BCUT2D eigenvalue weighted by atomic mass is 9.87. The summed E-state index contributed by atoms with van der Waals surface area (Å²) < 4.78 is 11.2. The highest BCUT2D eigenvalue weighted by Crippen LogP contribution is 2.27. The predicted molar refractivity (Wildman–Crippen MR) is 101 cm³/mol. The van der Waals surface area contributed by atoms with Gasteiger partial charge in [0.1, 0.15) is 0 Å². The van der Waals surface area contributed by atoms with Crippen molar-refractivity contribution < 1.29 is 13.9 Å². The Labute approximate surface area is 158 Å². The summed E-state index contributed by atoms with van der Waals surface area (Å²) in [4.78, 5) is 14.1. The summed E-state index contributed by atoms with van der Waals surface area (Å²) in [5.41, 5.74) is 2.23. The van der Waals surface area contributed by atoms with Crippen LogP contribution in [0.15, 0.2) is 33.9 Å². The normalized spacial score (nSPS) is 18.2. The smallest absolute Gasteiger partial charge is 0.277 e. The third-order valence-electron chi connectivity index (χ3n) is 4.32. The zero-order chi connectivity index (χ0) is 18.7. The van der Waals surface area contributed by atoms with E-state index >= 15 is 0 Å². The van der Waals surface area contributed by atoms with E-state index in [-0.39, 0.29) is 23.2 Å². The van der Waals surface area contributed by atoms with Crippen LogP contribution < -0.4 is 0 Å². The third-order valence-corrected chi connectivity index (χ3v) is 5.12. The Morgan fingerprint density at radius 3 is 2.65 bits per heavy atom. The maximum Gasteiger partial charge on any atom is 0.277 e. The van der Waals surface area contributed by atoms with Crippen molar-refractivity contribution in [2.24, 2.45) is 0 Å². The van der Waals surface area contributed by atoms with E-state index in [4.69, 9.17) is 9.15 Å². The quantitative estimate of drug-likeness (QED) is 0.763. The number of benzene rings is 1. The van der Waals surface area contributed by atoms with Crippen molar-refractivity contribution in [2.45, 2.75) is 44.4 Å². The van der Waals surface area contributed by atoms with Crippen LogP contribution >= 0.6 is 11.8 Å². The van der Waals surface area contributed by atoms with Gasteiger partial charge in [-0.15, -0.1) is 10.2 Å². The standard InChI is InChI=1S/C19H25N3O3S/c1-13-11-22(9-10-24-13)16(23)12-26-18-21-20-17(25-18)14-5-7-15(8-6-14)19(2,3)4/h5-8,13H,9-12H2,1-4H3. The van der Waals surface area contributed by atoms with Crippen molar-refractivity contribution in [1.82, 2.24) is 15.1 Å². The minimum absolute atomic E-state index is 0.0689. The molecular formula is C19H25N3O3S. The molecule has 26 heavy (non-hydrogen) atoms. The van der Waals surface area contributed by atoms with Gasteiger partial charge in [0.25, 0.3) is 5.22 Å². The summed E-state index contributed by atoms with van der Waals surface area (Å²) in [5.74, 6) is 0.831. The number of carbonyl (C=O) groups is 1. The fourth-order valence-electron chi connectivity index (χ4n) is 2.76. The van der Waals surface area contributed by atoms with Crippen molar-refractivity contribution in [3.63, 3.8) is 0 Å².